The third-order valence-electron chi connectivity index (χ3n) is 8.00. The Hall–Kier alpha value is -5.41. The summed E-state index contributed by atoms with van der Waals surface area (Å²) < 4.78 is 6.00. The van der Waals surface area contributed by atoms with E-state index in [-0.39, 0.29) is 0 Å². The fourth-order valence-corrected chi connectivity index (χ4v) is 6.10. The van der Waals surface area contributed by atoms with Crippen molar-refractivity contribution in [2.75, 3.05) is 0 Å². The van der Waals surface area contributed by atoms with Crippen LogP contribution in [0.2, 0.25) is 0 Å². The van der Waals surface area contributed by atoms with Gasteiger partial charge in [0.1, 0.15) is 11.2 Å². The van der Waals surface area contributed by atoms with Gasteiger partial charge in [-0.05, 0) is 63.4 Å². The van der Waals surface area contributed by atoms with Crippen molar-refractivity contribution in [1.29, 1.82) is 0 Å². The number of para-hydroxylation sites is 1. The second-order valence-electron chi connectivity index (χ2n) is 10.2. The van der Waals surface area contributed by atoms with Crippen LogP contribution in [-0.2, 0) is 0 Å². The lowest BCUT2D eigenvalue weighted by molar-refractivity contribution is 0.669. The van der Waals surface area contributed by atoms with Crippen molar-refractivity contribution in [3.63, 3.8) is 0 Å². The Morgan fingerprint density at radius 3 is 2.23 bits per heavy atom. The summed E-state index contributed by atoms with van der Waals surface area (Å²) in [6.45, 7) is 4.32. The molecule has 1 aromatic heterocycles. The summed E-state index contributed by atoms with van der Waals surface area (Å²) in [6.07, 6.45) is 8.02. The predicted molar refractivity (Wildman–Crippen MR) is 168 cm³/mol. The number of nitrogens with zero attached hydrogens (tertiary/aromatic N) is 1. The van der Waals surface area contributed by atoms with Crippen molar-refractivity contribution in [2.24, 2.45) is 10.7 Å². The molecule has 0 saturated heterocycles. The lowest BCUT2D eigenvalue weighted by Crippen LogP contribution is -2.10. The van der Waals surface area contributed by atoms with Crippen LogP contribution in [0.25, 0.3) is 66.4 Å². The van der Waals surface area contributed by atoms with Gasteiger partial charge in [-0.3, -0.25) is 0 Å². The molecule has 0 radical (unpaired) electrons. The van der Waals surface area contributed by atoms with Gasteiger partial charge in [-0.1, -0.05) is 97.6 Å². The molecule has 0 aliphatic heterocycles. The van der Waals surface area contributed by atoms with Gasteiger partial charge in [0.25, 0.3) is 0 Å². The second-order valence-corrected chi connectivity index (χ2v) is 10.2. The van der Waals surface area contributed by atoms with Crippen molar-refractivity contribution < 1.29 is 4.42 Å². The Labute approximate surface area is 231 Å². The Balaban J connectivity index is 1.24. The van der Waals surface area contributed by atoms with Gasteiger partial charge < -0.3 is 10.2 Å². The molecule has 0 amide bonds. The van der Waals surface area contributed by atoms with Crippen LogP contribution in [0.3, 0.4) is 0 Å². The maximum atomic E-state index is 6.96. The minimum absolute atomic E-state index is 0.670. The lowest BCUT2D eigenvalue weighted by Gasteiger charge is -2.15. The van der Waals surface area contributed by atoms with Crippen LogP contribution in [0.4, 0.5) is 0 Å². The highest BCUT2D eigenvalue weighted by molar-refractivity contribution is 6.21. The summed E-state index contributed by atoms with van der Waals surface area (Å²) in [4.78, 5) is 4.98. The molecular weight excluding hydrogens is 488 g/mol. The van der Waals surface area contributed by atoms with Gasteiger partial charge in [0, 0.05) is 33.2 Å². The fourth-order valence-electron chi connectivity index (χ4n) is 6.10. The number of hydrogen-bond acceptors (Lipinski definition) is 3. The highest BCUT2D eigenvalue weighted by Crippen LogP contribution is 2.48. The first-order valence-electron chi connectivity index (χ1n) is 13.4. The molecule has 5 aromatic carbocycles. The third kappa shape index (κ3) is 3.28. The van der Waals surface area contributed by atoms with Gasteiger partial charge in [0.15, 0.2) is 0 Å². The molecule has 188 valence electrons. The molecule has 0 spiro atoms. The first kappa shape index (κ1) is 22.6. The van der Waals surface area contributed by atoms with Gasteiger partial charge >= 0.3 is 0 Å². The summed E-state index contributed by atoms with van der Waals surface area (Å²) in [5.41, 5.74) is 18.7. The molecule has 2 aliphatic rings. The topological polar surface area (TPSA) is 51.5 Å². The van der Waals surface area contributed by atoms with Crippen LogP contribution >= 0.6 is 0 Å². The first-order valence-corrected chi connectivity index (χ1v) is 13.4. The van der Waals surface area contributed by atoms with Crippen LogP contribution in [-0.4, -0.2) is 5.71 Å². The Morgan fingerprint density at radius 1 is 0.650 bits per heavy atom. The summed E-state index contributed by atoms with van der Waals surface area (Å²) in [5.74, 6) is 0. The molecule has 0 fully saturated rings. The number of allylic oxidation sites excluding steroid dienone is 5. The van der Waals surface area contributed by atoms with Crippen LogP contribution in [0.5, 0.6) is 0 Å². The number of aliphatic imine (C=N–C) groups is 1. The average Bonchev–Trinajstić information content (AvgIpc) is 3.54. The standard InChI is InChI=1S/C37H24N2O/c1-22(23-17-20-35-32(21-23)26-11-5-7-16-34(26)40-35)39-33-15-6-4-12-31(33)37(38)30-19-18-29-25-10-3-2-9-24(25)27-13-8-14-28(30)36(27)29/h2-21H,1,38H2/b37-31-,39-33-. The highest BCUT2D eigenvalue weighted by Gasteiger charge is 2.23. The van der Waals surface area contributed by atoms with E-state index in [2.05, 4.69) is 73.3 Å². The molecule has 6 aromatic rings. The fraction of sp³-hybridized carbons (Fsp3) is 0. The third-order valence-corrected chi connectivity index (χ3v) is 8.00. The number of rotatable bonds is 3. The Kier molecular flexibility index (Phi) is 4.82. The monoisotopic (exact) mass is 512 g/mol. The van der Waals surface area contributed by atoms with Crippen molar-refractivity contribution in [2.45, 2.75) is 0 Å². The number of hydrogen-bond donors (Lipinski definition) is 1. The summed E-state index contributed by atoms with van der Waals surface area (Å²) in [7, 11) is 0. The van der Waals surface area contributed by atoms with Gasteiger partial charge in [0.2, 0.25) is 0 Å². The summed E-state index contributed by atoms with van der Waals surface area (Å²) >= 11 is 0. The molecule has 3 nitrogen and oxygen atoms in total. The molecule has 1 heterocycles. The average molecular weight is 513 g/mol. The zero-order chi connectivity index (χ0) is 26.8. The second kappa shape index (κ2) is 8.55. The first-order chi connectivity index (χ1) is 19.7. The van der Waals surface area contributed by atoms with Crippen molar-refractivity contribution >= 4 is 49.8 Å². The number of nitrogens with two attached hydrogens (primary N) is 1. The van der Waals surface area contributed by atoms with Crippen LogP contribution in [0, 0.1) is 0 Å². The molecule has 40 heavy (non-hydrogen) atoms. The number of benzene rings is 5. The maximum Gasteiger partial charge on any atom is 0.135 e. The SMILES string of the molecule is C=C(/N=C1/C=CC=C/C1=C(/N)c1ccc2c3c(cccc13)-c1ccccc1-2)c1ccc2oc3ccccc3c2c1. The molecule has 8 rings (SSSR count). The van der Waals surface area contributed by atoms with E-state index in [0.717, 1.165) is 49.7 Å². The van der Waals surface area contributed by atoms with Gasteiger partial charge in [-0.2, -0.15) is 0 Å². The van der Waals surface area contributed by atoms with Crippen LogP contribution < -0.4 is 5.73 Å². The van der Waals surface area contributed by atoms with Crippen molar-refractivity contribution in [3.8, 4) is 22.3 Å². The number of fused-ring (bicyclic) bond motifs is 6. The van der Waals surface area contributed by atoms with E-state index in [0.29, 0.717) is 11.4 Å². The largest absolute Gasteiger partial charge is 0.456 e. The van der Waals surface area contributed by atoms with E-state index >= 15 is 0 Å². The highest BCUT2D eigenvalue weighted by atomic mass is 16.3. The van der Waals surface area contributed by atoms with Crippen LogP contribution in [0.15, 0.2) is 143 Å². The van der Waals surface area contributed by atoms with E-state index < -0.39 is 0 Å². The number of furan rings is 1. The van der Waals surface area contributed by atoms with Crippen molar-refractivity contribution in [3.05, 3.63) is 145 Å². The van der Waals surface area contributed by atoms with Gasteiger partial charge in [-0.15, -0.1) is 0 Å². The molecule has 0 atom stereocenters. The smallest absolute Gasteiger partial charge is 0.135 e. The lowest BCUT2D eigenvalue weighted by atomic mass is 9.93. The Bertz CT molecular complexity index is 2160. The molecule has 0 bridgehead atoms. The molecule has 0 saturated carbocycles. The van der Waals surface area contributed by atoms with E-state index in [1.165, 1.54) is 27.6 Å². The van der Waals surface area contributed by atoms with Crippen molar-refractivity contribution in [1.82, 2.24) is 0 Å². The van der Waals surface area contributed by atoms with Gasteiger partial charge in [0.05, 0.1) is 11.4 Å². The van der Waals surface area contributed by atoms with E-state index in [1.54, 1.807) is 0 Å². The summed E-state index contributed by atoms with van der Waals surface area (Å²) in [6, 6.07) is 33.6. The molecule has 3 heteroatoms. The molecule has 2 aliphatic carbocycles. The molecule has 2 N–H and O–H groups in total. The van der Waals surface area contributed by atoms with Gasteiger partial charge in [-0.25, -0.2) is 4.99 Å². The minimum Gasteiger partial charge on any atom is -0.456 e. The zero-order valence-electron chi connectivity index (χ0n) is 21.7. The van der Waals surface area contributed by atoms with Crippen LogP contribution in [0.1, 0.15) is 11.1 Å². The Morgan fingerprint density at radius 2 is 1.35 bits per heavy atom. The normalized spacial score (nSPS) is 15.8. The quantitative estimate of drug-likeness (QED) is 0.256. The van der Waals surface area contributed by atoms with E-state index in [4.69, 9.17) is 15.1 Å². The predicted octanol–water partition coefficient (Wildman–Crippen LogP) is 9.29. The molecular formula is C37H24N2O. The minimum atomic E-state index is 0.670. The van der Waals surface area contributed by atoms with E-state index in [9.17, 15) is 0 Å². The summed E-state index contributed by atoms with van der Waals surface area (Å²) in [5, 5.41) is 4.54. The van der Waals surface area contributed by atoms with E-state index in [1.807, 2.05) is 54.6 Å². The molecule has 0 unspecified atom stereocenters. The maximum absolute atomic E-state index is 6.96. The zero-order valence-corrected chi connectivity index (χ0v) is 21.7.